The van der Waals surface area contributed by atoms with Crippen LogP contribution in [0.2, 0.25) is 0 Å². The van der Waals surface area contributed by atoms with E-state index in [1.54, 1.807) is 29.2 Å². The van der Waals surface area contributed by atoms with E-state index in [2.05, 4.69) is 5.32 Å². The topological polar surface area (TPSA) is 146 Å². The fraction of sp³-hybridized carbons (Fsp3) is 0.524. The molecule has 0 aromatic heterocycles. The Hall–Kier alpha value is -2.94. The van der Waals surface area contributed by atoms with E-state index in [1.807, 2.05) is 6.92 Å². The van der Waals surface area contributed by atoms with Crippen molar-refractivity contribution in [3.8, 4) is 0 Å². The first-order valence-corrected chi connectivity index (χ1v) is 10.2. The van der Waals surface area contributed by atoms with Gasteiger partial charge in [-0.1, -0.05) is 44.0 Å². The van der Waals surface area contributed by atoms with Crippen LogP contribution in [-0.4, -0.2) is 66.0 Å². The Morgan fingerprint density at radius 2 is 1.87 bits per heavy atom. The van der Waals surface area contributed by atoms with Crippen LogP contribution in [0.1, 0.15) is 37.3 Å². The van der Waals surface area contributed by atoms with Gasteiger partial charge in [-0.3, -0.25) is 15.0 Å². The van der Waals surface area contributed by atoms with Crippen LogP contribution in [0, 0.1) is 11.3 Å². The summed E-state index contributed by atoms with van der Waals surface area (Å²) in [6.07, 6.45) is 1.90. The third-order valence-corrected chi connectivity index (χ3v) is 5.10. The minimum absolute atomic E-state index is 0.0690. The standard InChI is InChI=1S/C21H30N4O5/c1-2-3-4-17(21(28)29)24-19(26)16(20(27)25-9-11-30-12-10-25)13-14-5-7-15(8-6-14)18(22)23/h5-8,16-17H,2-4,9-13H2,1H3,(H3,22,23)(H,24,26)(H,28,29)/t16-,17-/m0/s1. The van der Waals surface area contributed by atoms with E-state index in [1.165, 1.54) is 0 Å². The zero-order valence-corrected chi connectivity index (χ0v) is 17.2. The van der Waals surface area contributed by atoms with Crippen molar-refractivity contribution in [2.75, 3.05) is 26.3 Å². The number of nitrogens with zero attached hydrogens (tertiary/aromatic N) is 1. The zero-order chi connectivity index (χ0) is 22.1. The molecule has 0 radical (unpaired) electrons. The van der Waals surface area contributed by atoms with E-state index in [9.17, 15) is 19.5 Å². The van der Waals surface area contributed by atoms with Crippen molar-refractivity contribution in [2.45, 2.75) is 38.6 Å². The Bertz CT molecular complexity index is 759. The van der Waals surface area contributed by atoms with Gasteiger partial charge in [0.2, 0.25) is 11.8 Å². The number of ether oxygens (including phenoxy) is 1. The Labute approximate surface area is 176 Å². The number of carboxylic acid groups (broad SMARTS) is 1. The van der Waals surface area contributed by atoms with Gasteiger partial charge in [-0.15, -0.1) is 0 Å². The van der Waals surface area contributed by atoms with Crippen LogP contribution < -0.4 is 11.1 Å². The number of carbonyl (C=O) groups excluding carboxylic acids is 2. The van der Waals surface area contributed by atoms with Gasteiger partial charge in [-0.05, 0) is 18.4 Å². The largest absolute Gasteiger partial charge is 0.480 e. The molecule has 0 aliphatic carbocycles. The summed E-state index contributed by atoms with van der Waals surface area (Å²) < 4.78 is 5.28. The van der Waals surface area contributed by atoms with Crippen LogP contribution in [0.25, 0.3) is 0 Å². The number of aliphatic carboxylic acids is 1. The summed E-state index contributed by atoms with van der Waals surface area (Å²) in [5.74, 6) is -3.16. The number of hydrogen-bond donors (Lipinski definition) is 4. The predicted molar refractivity (Wildman–Crippen MR) is 111 cm³/mol. The molecular formula is C21H30N4O5. The number of nitrogens with one attached hydrogen (secondary N) is 2. The van der Waals surface area contributed by atoms with Crippen molar-refractivity contribution >= 4 is 23.6 Å². The van der Waals surface area contributed by atoms with E-state index < -0.39 is 23.8 Å². The van der Waals surface area contributed by atoms with Gasteiger partial charge in [-0.2, -0.15) is 0 Å². The minimum atomic E-state index is -1.11. The number of amidine groups is 1. The van der Waals surface area contributed by atoms with E-state index in [0.29, 0.717) is 44.7 Å². The van der Waals surface area contributed by atoms with Crippen molar-refractivity contribution in [3.63, 3.8) is 0 Å². The number of carboxylic acids is 1. The maximum absolute atomic E-state index is 13.1. The molecule has 0 spiro atoms. The van der Waals surface area contributed by atoms with E-state index >= 15 is 0 Å². The molecule has 0 saturated carbocycles. The minimum Gasteiger partial charge on any atom is -0.480 e. The first-order chi connectivity index (χ1) is 14.3. The highest BCUT2D eigenvalue weighted by Gasteiger charge is 2.34. The molecule has 2 atom stereocenters. The highest BCUT2D eigenvalue weighted by Crippen LogP contribution is 2.16. The Morgan fingerprint density at radius 1 is 1.23 bits per heavy atom. The third kappa shape index (κ3) is 6.55. The fourth-order valence-corrected chi connectivity index (χ4v) is 3.29. The lowest BCUT2D eigenvalue weighted by atomic mass is 9.95. The van der Waals surface area contributed by atoms with Gasteiger partial charge in [0.05, 0.1) is 13.2 Å². The van der Waals surface area contributed by atoms with Crippen molar-refractivity contribution in [2.24, 2.45) is 11.7 Å². The van der Waals surface area contributed by atoms with Gasteiger partial charge in [0.1, 0.15) is 17.8 Å². The van der Waals surface area contributed by atoms with Gasteiger partial charge in [0.15, 0.2) is 0 Å². The maximum atomic E-state index is 13.1. The SMILES string of the molecule is CCCC[C@H](NC(=O)[C@H](Cc1ccc(C(=N)N)cc1)C(=O)N1CCOCC1)C(=O)O. The number of unbranched alkanes of at least 4 members (excludes halogenated alkanes) is 1. The number of morpholine rings is 1. The summed E-state index contributed by atoms with van der Waals surface area (Å²) >= 11 is 0. The fourth-order valence-electron chi connectivity index (χ4n) is 3.29. The molecule has 0 bridgehead atoms. The number of hydrogen-bond acceptors (Lipinski definition) is 5. The quantitative estimate of drug-likeness (QED) is 0.251. The first-order valence-electron chi connectivity index (χ1n) is 10.2. The second-order valence-corrected chi connectivity index (χ2v) is 7.35. The number of rotatable bonds is 10. The summed E-state index contributed by atoms with van der Waals surface area (Å²) in [5.41, 5.74) is 6.74. The molecule has 30 heavy (non-hydrogen) atoms. The molecule has 1 aromatic carbocycles. The second-order valence-electron chi connectivity index (χ2n) is 7.35. The van der Waals surface area contributed by atoms with Crippen LogP contribution in [0.4, 0.5) is 0 Å². The second kappa shape index (κ2) is 11.3. The molecule has 9 nitrogen and oxygen atoms in total. The Morgan fingerprint density at radius 3 is 2.40 bits per heavy atom. The molecule has 5 N–H and O–H groups in total. The van der Waals surface area contributed by atoms with Gasteiger partial charge >= 0.3 is 5.97 Å². The van der Waals surface area contributed by atoms with Crippen LogP contribution in [0.5, 0.6) is 0 Å². The average molecular weight is 418 g/mol. The molecule has 9 heteroatoms. The molecule has 0 unspecified atom stereocenters. The number of nitrogens with two attached hydrogens (primary N) is 1. The van der Waals surface area contributed by atoms with Crippen molar-refractivity contribution < 1.29 is 24.2 Å². The molecule has 164 valence electrons. The van der Waals surface area contributed by atoms with Crippen LogP contribution in [-0.2, 0) is 25.5 Å². The maximum Gasteiger partial charge on any atom is 0.326 e. The molecular weight excluding hydrogens is 388 g/mol. The van der Waals surface area contributed by atoms with Crippen molar-refractivity contribution in [1.29, 1.82) is 5.41 Å². The number of carbonyl (C=O) groups is 3. The lowest BCUT2D eigenvalue weighted by molar-refractivity contribution is -0.148. The summed E-state index contributed by atoms with van der Waals surface area (Å²) in [6.45, 7) is 3.54. The van der Waals surface area contributed by atoms with Crippen LogP contribution in [0.3, 0.4) is 0 Å². The molecule has 1 aliphatic rings. The predicted octanol–water partition coefficient (Wildman–Crippen LogP) is 0.748. The zero-order valence-electron chi connectivity index (χ0n) is 17.2. The summed E-state index contributed by atoms with van der Waals surface area (Å²) in [4.78, 5) is 39.2. The smallest absolute Gasteiger partial charge is 0.326 e. The monoisotopic (exact) mass is 418 g/mol. The normalized spacial score (nSPS) is 15.8. The Balaban J connectivity index is 2.20. The molecule has 1 aliphatic heterocycles. The van der Waals surface area contributed by atoms with Gasteiger partial charge < -0.3 is 25.8 Å². The number of benzene rings is 1. The molecule has 2 rings (SSSR count). The van der Waals surface area contributed by atoms with Gasteiger partial charge in [0.25, 0.3) is 0 Å². The van der Waals surface area contributed by atoms with Crippen molar-refractivity contribution in [1.82, 2.24) is 10.2 Å². The molecule has 1 fully saturated rings. The van der Waals surface area contributed by atoms with E-state index in [-0.39, 0.29) is 18.2 Å². The third-order valence-electron chi connectivity index (χ3n) is 5.10. The van der Waals surface area contributed by atoms with E-state index in [4.69, 9.17) is 15.9 Å². The van der Waals surface area contributed by atoms with Gasteiger partial charge in [0, 0.05) is 18.7 Å². The lowest BCUT2D eigenvalue weighted by Gasteiger charge is -2.30. The van der Waals surface area contributed by atoms with Gasteiger partial charge in [-0.25, -0.2) is 4.79 Å². The number of nitrogen functional groups attached to an aromatic ring is 1. The van der Waals surface area contributed by atoms with Crippen LogP contribution in [0.15, 0.2) is 24.3 Å². The average Bonchev–Trinajstić information content (AvgIpc) is 2.75. The van der Waals surface area contributed by atoms with Crippen LogP contribution >= 0.6 is 0 Å². The highest BCUT2D eigenvalue weighted by molar-refractivity contribution is 6.01. The highest BCUT2D eigenvalue weighted by atomic mass is 16.5. The molecule has 1 heterocycles. The molecule has 1 saturated heterocycles. The van der Waals surface area contributed by atoms with E-state index in [0.717, 1.165) is 12.0 Å². The lowest BCUT2D eigenvalue weighted by Crippen LogP contribution is -2.51. The summed E-state index contributed by atoms with van der Waals surface area (Å²) in [7, 11) is 0. The first kappa shape index (κ1) is 23.3. The number of amides is 2. The molecule has 2 amide bonds. The molecule has 1 aromatic rings. The Kier molecular flexibility index (Phi) is 8.79. The van der Waals surface area contributed by atoms with Crippen molar-refractivity contribution in [3.05, 3.63) is 35.4 Å². The summed E-state index contributed by atoms with van der Waals surface area (Å²) in [6, 6.07) is 5.72. The summed E-state index contributed by atoms with van der Waals surface area (Å²) in [5, 5.41) is 19.5.